The van der Waals surface area contributed by atoms with Crippen molar-refractivity contribution in [3.63, 3.8) is 0 Å². The summed E-state index contributed by atoms with van der Waals surface area (Å²) in [5, 5.41) is 14.4. The Balaban J connectivity index is 1.61. The molecule has 0 aliphatic carbocycles. The third-order valence-corrected chi connectivity index (χ3v) is 4.03. The summed E-state index contributed by atoms with van der Waals surface area (Å²) < 4.78 is 12.8. The van der Waals surface area contributed by atoms with E-state index in [1.165, 1.54) is 0 Å². The Hall–Kier alpha value is -3.78. The number of fused-ring (bicyclic) bond motifs is 1. The number of rotatable bonds is 4. The van der Waals surface area contributed by atoms with Gasteiger partial charge in [-0.25, -0.2) is 4.68 Å². The van der Waals surface area contributed by atoms with E-state index in [0.29, 0.717) is 5.56 Å². The lowest BCUT2D eigenvalue weighted by molar-refractivity contribution is 0.413. The lowest BCUT2D eigenvalue weighted by Gasteiger charge is -2.06. The highest BCUT2D eigenvalue weighted by molar-refractivity contribution is 5.80. The molecule has 0 unspecified atom stereocenters. The van der Waals surface area contributed by atoms with Crippen molar-refractivity contribution < 1.29 is 9.47 Å². The van der Waals surface area contributed by atoms with Gasteiger partial charge in [-0.1, -0.05) is 0 Å². The molecule has 4 aromatic rings. The zero-order valence-electron chi connectivity index (χ0n) is 14.1. The van der Waals surface area contributed by atoms with Gasteiger partial charge in [0.25, 0.3) is 0 Å². The van der Waals surface area contributed by atoms with Gasteiger partial charge in [0.05, 0.1) is 29.9 Å². The number of benzene rings is 3. The van der Waals surface area contributed by atoms with E-state index in [0.717, 1.165) is 33.8 Å². The summed E-state index contributed by atoms with van der Waals surface area (Å²) in [5.74, 6) is 2.27. The Labute approximate surface area is 150 Å². The maximum Gasteiger partial charge on any atom is 0.128 e. The van der Waals surface area contributed by atoms with Crippen LogP contribution in [0.15, 0.2) is 72.9 Å². The van der Waals surface area contributed by atoms with E-state index in [9.17, 15) is 0 Å². The van der Waals surface area contributed by atoms with E-state index in [2.05, 4.69) is 11.2 Å². The van der Waals surface area contributed by atoms with Crippen LogP contribution in [0, 0.1) is 11.3 Å². The van der Waals surface area contributed by atoms with Gasteiger partial charge in [-0.05, 0) is 66.7 Å². The van der Waals surface area contributed by atoms with Crippen LogP contribution < -0.4 is 9.47 Å². The van der Waals surface area contributed by atoms with Gasteiger partial charge in [0.1, 0.15) is 17.2 Å². The van der Waals surface area contributed by atoms with E-state index < -0.39 is 0 Å². The topological polar surface area (TPSA) is 60.1 Å². The van der Waals surface area contributed by atoms with E-state index >= 15 is 0 Å². The Morgan fingerprint density at radius 1 is 0.885 bits per heavy atom. The summed E-state index contributed by atoms with van der Waals surface area (Å²) in [6.07, 6.45) is 1.94. The summed E-state index contributed by atoms with van der Waals surface area (Å²) in [7, 11) is 1.63. The molecule has 126 valence electrons. The quantitative estimate of drug-likeness (QED) is 0.540. The van der Waals surface area contributed by atoms with Crippen LogP contribution in [0.3, 0.4) is 0 Å². The van der Waals surface area contributed by atoms with E-state index in [-0.39, 0.29) is 0 Å². The van der Waals surface area contributed by atoms with Gasteiger partial charge in [-0.3, -0.25) is 0 Å². The average molecular weight is 341 g/mol. The molecule has 1 heterocycles. The largest absolute Gasteiger partial charge is 0.497 e. The normalized spacial score (nSPS) is 10.5. The monoisotopic (exact) mass is 341 g/mol. The van der Waals surface area contributed by atoms with Crippen LogP contribution in [-0.4, -0.2) is 16.9 Å². The van der Waals surface area contributed by atoms with E-state index in [1.807, 2.05) is 60.8 Å². The number of ether oxygens (including phenoxy) is 2. The molecule has 1 aromatic heterocycles. The SMILES string of the molecule is COc1ccc(Oc2ccc3nn(-c4ccc(C#N)cc4)cc3c2)cc1. The molecular weight excluding hydrogens is 326 g/mol. The molecule has 0 saturated heterocycles. The summed E-state index contributed by atoms with van der Waals surface area (Å²) in [6.45, 7) is 0. The molecule has 3 aromatic carbocycles. The van der Waals surface area contributed by atoms with E-state index in [1.54, 1.807) is 23.9 Å². The fourth-order valence-electron chi connectivity index (χ4n) is 2.67. The molecule has 0 aliphatic heterocycles. The molecule has 0 atom stereocenters. The first-order valence-corrected chi connectivity index (χ1v) is 8.07. The lowest BCUT2D eigenvalue weighted by atomic mass is 10.2. The molecule has 5 heteroatoms. The van der Waals surface area contributed by atoms with Crippen molar-refractivity contribution in [3.05, 3.63) is 78.5 Å². The summed E-state index contributed by atoms with van der Waals surface area (Å²) >= 11 is 0. The predicted molar refractivity (Wildman–Crippen MR) is 98.9 cm³/mol. The third-order valence-electron chi connectivity index (χ3n) is 4.03. The molecule has 0 aliphatic rings. The maximum atomic E-state index is 8.90. The average Bonchev–Trinajstić information content (AvgIpc) is 3.12. The first-order chi connectivity index (χ1) is 12.7. The number of hydrogen-bond donors (Lipinski definition) is 0. The highest BCUT2D eigenvalue weighted by Gasteiger charge is 2.06. The molecule has 0 radical (unpaired) electrons. The number of aromatic nitrogens is 2. The van der Waals surface area contributed by atoms with E-state index in [4.69, 9.17) is 14.7 Å². The van der Waals surface area contributed by atoms with Crippen molar-refractivity contribution in [2.24, 2.45) is 0 Å². The van der Waals surface area contributed by atoms with Crippen LogP contribution in [-0.2, 0) is 0 Å². The van der Waals surface area contributed by atoms with Crippen molar-refractivity contribution in [1.82, 2.24) is 9.78 Å². The van der Waals surface area contributed by atoms with Crippen molar-refractivity contribution in [2.75, 3.05) is 7.11 Å². The Morgan fingerprint density at radius 3 is 2.27 bits per heavy atom. The molecule has 26 heavy (non-hydrogen) atoms. The van der Waals surface area contributed by atoms with Gasteiger partial charge in [0.2, 0.25) is 0 Å². The first-order valence-electron chi connectivity index (χ1n) is 8.07. The van der Waals surface area contributed by atoms with Crippen molar-refractivity contribution in [2.45, 2.75) is 0 Å². The Kier molecular flexibility index (Phi) is 4.00. The predicted octanol–water partition coefficient (Wildman–Crippen LogP) is 4.70. The van der Waals surface area contributed by atoms with Gasteiger partial charge < -0.3 is 9.47 Å². The molecular formula is C21H15N3O2. The van der Waals surface area contributed by atoms with Crippen LogP contribution in [0.1, 0.15) is 5.56 Å². The van der Waals surface area contributed by atoms with Gasteiger partial charge in [0.15, 0.2) is 0 Å². The fourth-order valence-corrected chi connectivity index (χ4v) is 2.67. The minimum Gasteiger partial charge on any atom is -0.497 e. The maximum absolute atomic E-state index is 8.90. The second-order valence-electron chi connectivity index (χ2n) is 5.73. The van der Waals surface area contributed by atoms with Crippen LogP contribution in [0.25, 0.3) is 16.6 Å². The zero-order valence-corrected chi connectivity index (χ0v) is 14.1. The van der Waals surface area contributed by atoms with Gasteiger partial charge in [-0.2, -0.15) is 10.4 Å². The molecule has 0 spiro atoms. The summed E-state index contributed by atoms with van der Waals surface area (Å²) in [4.78, 5) is 0. The number of hydrogen-bond acceptors (Lipinski definition) is 4. The smallest absolute Gasteiger partial charge is 0.128 e. The van der Waals surface area contributed by atoms with Gasteiger partial charge in [0, 0.05) is 11.6 Å². The highest BCUT2D eigenvalue weighted by Crippen LogP contribution is 2.27. The van der Waals surface area contributed by atoms with Crippen LogP contribution >= 0.6 is 0 Å². The van der Waals surface area contributed by atoms with Crippen LogP contribution in [0.4, 0.5) is 0 Å². The van der Waals surface area contributed by atoms with Gasteiger partial charge in [-0.15, -0.1) is 0 Å². The minimum absolute atomic E-state index is 0.626. The molecule has 0 bridgehead atoms. The zero-order chi connectivity index (χ0) is 17.9. The molecule has 4 rings (SSSR count). The Morgan fingerprint density at radius 2 is 1.58 bits per heavy atom. The molecule has 0 fully saturated rings. The Bertz CT molecular complexity index is 1090. The highest BCUT2D eigenvalue weighted by atomic mass is 16.5. The van der Waals surface area contributed by atoms with Crippen LogP contribution in [0.5, 0.6) is 17.2 Å². The second kappa shape index (κ2) is 6.61. The third kappa shape index (κ3) is 3.08. The van der Waals surface area contributed by atoms with Gasteiger partial charge >= 0.3 is 0 Å². The number of methoxy groups -OCH3 is 1. The summed E-state index contributed by atoms with van der Waals surface area (Å²) in [6, 6.07) is 22.6. The lowest BCUT2D eigenvalue weighted by Crippen LogP contribution is -1.93. The van der Waals surface area contributed by atoms with Crippen molar-refractivity contribution in [1.29, 1.82) is 5.26 Å². The molecule has 5 nitrogen and oxygen atoms in total. The number of nitrogens with zero attached hydrogens (tertiary/aromatic N) is 3. The molecule has 0 N–H and O–H groups in total. The molecule has 0 saturated carbocycles. The van der Waals surface area contributed by atoms with Crippen LogP contribution in [0.2, 0.25) is 0 Å². The number of nitriles is 1. The second-order valence-corrected chi connectivity index (χ2v) is 5.73. The summed E-state index contributed by atoms with van der Waals surface area (Å²) in [5.41, 5.74) is 2.40. The first kappa shape index (κ1) is 15.7. The van der Waals surface area contributed by atoms with Crippen molar-refractivity contribution >= 4 is 10.9 Å². The fraction of sp³-hybridized carbons (Fsp3) is 0.0476. The standard InChI is InChI=1S/C21H15N3O2/c1-25-18-6-8-19(9-7-18)26-20-10-11-21-16(12-20)14-24(23-21)17-4-2-15(13-22)3-5-17/h2-12,14H,1H3. The minimum atomic E-state index is 0.626. The molecule has 0 amide bonds. The van der Waals surface area contributed by atoms with Crippen molar-refractivity contribution in [3.8, 4) is 29.0 Å².